The van der Waals surface area contributed by atoms with Crippen LogP contribution in [-0.2, 0) is 5.75 Å². The van der Waals surface area contributed by atoms with E-state index in [0.717, 1.165) is 26.5 Å². The number of aromatic nitrogens is 1. The van der Waals surface area contributed by atoms with Gasteiger partial charge in [-0.25, -0.2) is 0 Å². The molecule has 0 unspecified atom stereocenters. The Hall–Kier alpha value is -1.00. The number of rotatable bonds is 3. The van der Waals surface area contributed by atoms with Gasteiger partial charge >= 0.3 is 0 Å². The van der Waals surface area contributed by atoms with E-state index in [1.165, 1.54) is 0 Å². The summed E-state index contributed by atoms with van der Waals surface area (Å²) in [5.41, 5.74) is 7.74. The second-order valence-electron chi connectivity index (χ2n) is 3.29. The van der Waals surface area contributed by atoms with Crippen molar-refractivity contribution in [2.75, 3.05) is 5.73 Å². The van der Waals surface area contributed by atoms with Crippen LogP contribution in [0.5, 0.6) is 0 Å². The van der Waals surface area contributed by atoms with Gasteiger partial charge in [-0.1, -0.05) is 12.1 Å². The number of halogens is 1. The van der Waals surface area contributed by atoms with Gasteiger partial charge in [0, 0.05) is 27.0 Å². The molecule has 0 saturated heterocycles. The normalized spacial score (nSPS) is 10.3. The largest absolute Gasteiger partial charge is 0.398 e. The van der Waals surface area contributed by atoms with E-state index in [0.29, 0.717) is 0 Å². The Morgan fingerprint density at radius 3 is 2.69 bits per heavy atom. The third-order valence-corrected chi connectivity index (χ3v) is 3.68. The molecule has 1 aromatic carbocycles. The summed E-state index contributed by atoms with van der Waals surface area (Å²) < 4.78 is 1.00. The van der Waals surface area contributed by atoms with Crippen molar-refractivity contribution in [3.63, 3.8) is 0 Å². The van der Waals surface area contributed by atoms with Crippen LogP contribution in [0.25, 0.3) is 0 Å². The van der Waals surface area contributed by atoms with Crippen LogP contribution in [0.3, 0.4) is 0 Å². The Kier molecular flexibility index (Phi) is 3.85. The SMILES string of the molecule is Nc1ccccc1SCc1ccc(Br)cn1. The van der Waals surface area contributed by atoms with Gasteiger partial charge in [-0.2, -0.15) is 0 Å². The van der Waals surface area contributed by atoms with E-state index in [1.807, 2.05) is 42.6 Å². The molecule has 0 amide bonds. The zero-order valence-corrected chi connectivity index (χ0v) is 11.0. The number of benzene rings is 1. The molecular weight excluding hydrogens is 284 g/mol. The van der Waals surface area contributed by atoms with E-state index in [4.69, 9.17) is 5.73 Å². The summed E-state index contributed by atoms with van der Waals surface area (Å²) in [6.07, 6.45) is 1.81. The van der Waals surface area contributed by atoms with Crippen LogP contribution in [0.15, 0.2) is 52.0 Å². The summed E-state index contributed by atoms with van der Waals surface area (Å²) in [6.45, 7) is 0. The number of nitrogens with two attached hydrogens (primary N) is 1. The standard InChI is InChI=1S/C12H11BrN2S/c13-9-5-6-10(15-7-9)8-16-12-4-2-1-3-11(12)14/h1-7H,8,14H2. The number of thioether (sulfide) groups is 1. The van der Waals surface area contributed by atoms with Crippen LogP contribution < -0.4 is 5.73 Å². The molecule has 2 aromatic rings. The molecule has 0 aliphatic heterocycles. The molecule has 0 spiro atoms. The summed E-state index contributed by atoms with van der Waals surface area (Å²) >= 11 is 5.07. The molecule has 0 bridgehead atoms. The minimum absolute atomic E-state index is 0.824. The molecule has 4 heteroatoms. The first-order chi connectivity index (χ1) is 7.75. The first-order valence-corrected chi connectivity index (χ1v) is 6.61. The Morgan fingerprint density at radius 2 is 2.00 bits per heavy atom. The molecule has 0 aliphatic carbocycles. The molecule has 1 heterocycles. The predicted octanol–water partition coefficient (Wildman–Crippen LogP) is 3.72. The van der Waals surface area contributed by atoms with E-state index >= 15 is 0 Å². The first-order valence-electron chi connectivity index (χ1n) is 4.83. The molecule has 2 rings (SSSR count). The van der Waals surface area contributed by atoms with Crippen molar-refractivity contribution in [3.05, 3.63) is 52.8 Å². The Labute approximate surface area is 107 Å². The number of pyridine rings is 1. The molecule has 0 fully saturated rings. The molecule has 0 radical (unpaired) electrons. The van der Waals surface area contributed by atoms with Gasteiger partial charge in [0.1, 0.15) is 0 Å². The Balaban J connectivity index is 2.02. The lowest BCUT2D eigenvalue weighted by molar-refractivity contribution is 1.16. The molecule has 82 valence electrons. The predicted molar refractivity (Wildman–Crippen MR) is 72.4 cm³/mol. The maximum absolute atomic E-state index is 5.86. The van der Waals surface area contributed by atoms with E-state index in [1.54, 1.807) is 11.8 Å². The van der Waals surface area contributed by atoms with Gasteiger partial charge < -0.3 is 5.73 Å². The summed E-state index contributed by atoms with van der Waals surface area (Å²) in [5.74, 6) is 0.835. The Morgan fingerprint density at radius 1 is 1.19 bits per heavy atom. The number of para-hydroxylation sites is 1. The second-order valence-corrected chi connectivity index (χ2v) is 5.23. The van der Waals surface area contributed by atoms with Gasteiger partial charge in [0.15, 0.2) is 0 Å². The monoisotopic (exact) mass is 294 g/mol. The highest BCUT2D eigenvalue weighted by atomic mass is 79.9. The molecule has 2 nitrogen and oxygen atoms in total. The molecule has 2 N–H and O–H groups in total. The van der Waals surface area contributed by atoms with Gasteiger partial charge in [-0.05, 0) is 40.2 Å². The fourth-order valence-electron chi connectivity index (χ4n) is 1.26. The highest BCUT2D eigenvalue weighted by Gasteiger charge is 2.00. The highest BCUT2D eigenvalue weighted by molar-refractivity contribution is 9.10. The van der Waals surface area contributed by atoms with Gasteiger partial charge in [0.2, 0.25) is 0 Å². The molecule has 1 aromatic heterocycles. The number of anilines is 1. The lowest BCUT2D eigenvalue weighted by Gasteiger charge is -2.04. The topological polar surface area (TPSA) is 38.9 Å². The van der Waals surface area contributed by atoms with E-state index < -0.39 is 0 Å². The van der Waals surface area contributed by atoms with Crippen LogP contribution in [0.2, 0.25) is 0 Å². The van der Waals surface area contributed by atoms with Crippen molar-refractivity contribution in [2.45, 2.75) is 10.6 Å². The maximum atomic E-state index is 5.86. The second kappa shape index (κ2) is 5.37. The molecule has 0 atom stereocenters. The fourth-order valence-corrected chi connectivity index (χ4v) is 2.37. The quantitative estimate of drug-likeness (QED) is 0.693. The summed E-state index contributed by atoms with van der Waals surface area (Å²) in [4.78, 5) is 5.42. The fraction of sp³-hybridized carbons (Fsp3) is 0.0833. The zero-order valence-electron chi connectivity index (χ0n) is 8.56. The molecule has 0 aliphatic rings. The molecular formula is C12H11BrN2S. The number of hydrogen-bond acceptors (Lipinski definition) is 3. The van der Waals surface area contributed by atoms with Crippen molar-refractivity contribution < 1.29 is 0 Å². The number of nitrogen functional groups attached to an aromatic ring is 1. The van der Waals surface area contributed by atoms with Gasteiger partial charge in [0.25, 0.3) is 0 Å². The summed E-state index contributed by atoms with van der Waals surface area (Å²) in [6, 6.07) is 11.9. The van der Waals surface area contributed by atoms with Crippen molar-refractivity contribution in [1.82, 2.24) is 4.98 Å². The van der Waals surface area contributed by atoms with Crippen molar-refractivity contribution in [3.8, 4) is 0 Å². The van der Waals surface area contributed by atoms with Gasteiger partial charge in [-0.15, -0.1) is 11.8 Å². The lowest BCUT2D eigenvalue weighted by atomic mass is 10.3. The van der Waals surface area contributed by atoms with Crippen LogP contribution in [0.1, 0.15) is 5.69 Å². The van der Waals surface area contributed by atoms with E-state index in [-0.39, 0.29) is 0 Å². The van der Waals surface area contributed by atoms with Crippen molar-refractivity contribution >= 4 is 33.4 Å². The third-order valence-electron chi connectivity index (χ3n) is 2.08. The summed E-state index contributed by atoms with van der Waals surface area (Å²) in [7, 11) is 0. The lowest BCUT2D eigenvalue weighted by Crippen LogP contribution is -1.89. The average molecular weight is 295 g/mol. The van der Waals surface area contributed by atoms with Crippen LogP contribution in [0.4, 0.5) is 5.69 Å². The first kappa shape index (κ1) is 11.5. The molecule has 0 saturated carbocycles. The van der Waals surface area contributed by atoms with E-state index in [9.17, 15) is 0 Å². The van der Waals surface area contributed by atoms with Crippen LogP contribution >= 0.6 is 27.7 Å². The van der Waals surface area contributed by atoms with Gasteiger partial charge in [0.05, 0.1) is 5.69 Å². The minimum atomic E-state index is 0.824. The van der Waals surface area contributed by atoms with Crippen molar-refractivity contribution in [2.24, 2.45) is 0 Å². The maximum Gasteiger partial charge on any atom is 0.0507 e. The number of nitrogens with zero attached hydrogens (tertiary/aromatic N) is 1. The smallest absolute Gasteiger partial charge is 0.0507 e. The third kappa shape index (κ3) is 3.00. The van der Waals surface area contributed by atoms with Crippen molar-refractivity contribution in [1.29, 1.82) is 0 Å². The number of hydrogen-bond donors (Lipinski definition) is 1. The Bertz CT molecular complexity index is 471. The van der Waals surface area contributed by atoms with Crippen LogP contribution in [0, 0.1) is 0 Å². The van der Waals surface area contributed by atoms with Crippen LogP contribution in [-0.4, -0.2) is 4.98 Å². The average Bonchev–Trinajstić information content (AvgIpc) is 2.30. The summed E-state index contributed by atoms with van der Waals surface area (Å²) in [5, 5.41) is 0. The molecule has 16 heavy (non-hydrogen) atoms. The highest BCUT2D eigenvalue weighted by Crippen LogP contribution is 2.27. The minimum Gasteiger partial charge on any atom is -0.398 e. The van der Waals surface area contributed by atoms with E-state index in [2.05, 4.69) is 20.9 Å². The zero-order chi connectivity index (χ0) is 11.4. The van der Waals surface area contributed by atoms with Gasteiger partial charge in [-0.3, -0.25) is 4.98 Å².